The Morgan fingerprint density at radius 1 is 1.38 bits per heavy atom. The van der Waals surface area contributed by atoms with Crippen LogP contribution < -0.4 is 0 Å². The largest absolute Gasteiger partial charge is 0.287 e. The summed E-state index contributed by atoms with van der Waals surface area (Å²) in [4.78, 5) is 2.08. The van der Waals surface area contributed by atoms with Crippen LogP contribution in [0.25, 0.3) is 0 Å². The van der Waals surface area contributed by atoms with Gasteiger partial charge in [-0.25, -0.2) is 0 Å². The average Bonchev–Trinajstić information content (AvgIpc) is 2.75. The van der Waals surface area contributed by atoms with E-state index >= 15 is 0 Å². The Morgan fingerprint density at radius 3 is 2.88 bits per heavy atom. The van der Waals surface area contributed by atoms with Crippen molar-refractivity contribution in [2.45, 2.75) is 38.8 Å². The Bertz CT molecular complexity index is 417. The van der Waals surface area contributed by atoms with Gasteiger partial charge in [0, 0.05) is 6.54 Å². The summed E-state index contributed by atoms with van der Waals surface area (Å²) in [6.07, 6.45) is 3.75. The van der Waals surface area contributed by atoms with Gasteiger partial charge in [-0.1, -0.05) is 18.2 Å². The third-order valence-electron chi connectivity index (χ3n) is 3.44. The molecule has 1 aliphatic carbocycles. The van der Waals surface area contributed by atoms with Crippen molar-refractivity contribution in [3.63, 3.8) is 0 Å². The van der Waals surface area contributed by atoms with Crippen LogP contribution >= 0.6 is 0 Å². The van der Waals surface area contributed by atoms with Crippen LogP contribution in [-0.4, -0.2) is 18.0 Å². The number of rotatable bonds is 3. The van der Waals surface area contributed by atoms with Gasteiger partial charge in [-0.05, 0) is 49.9 Å². The van der Waals surface area contributed by atoms with Gasteiger partial charge in [0.2, 0.25) is 0 Å². The average molecular weight is 214 g/mol. The standard InChI is InChI=1S/C14H18N2/c1-11(9-15)16(2)10-12-6-7-13-4-3-5-14(13)8-12/h6-8,11H,3-5,10H2,1-2H3. The lowest BCUT2D eigenvalue weighted by molar-refractivity contribution is 0.294. The Hall–Kier alpha value is -1.33. The van der Waals surface area contributed by atoms with Gasteiger partial charge in [-0.15, -0.1) is 0 Å². The van der Waals surface area contributed by atoms with Crippen molar-refractivity contribution in [3.05, 3.63) is 34.9 Å². The molecule has 0 amide bonds. The Balaban J connectivity index is 2.08. The minimum atomic E-state index is -0.0201. The van der Waals surface area contributed by atoms with Gasteiger partial charge in [0.05, 0.1) is 12.1 Å². The van der Waals surface area contributed by atoms with Crippen molar-refractivity contribution in [1.29, 1.82) is 5.26 Å². The van der Waals surface area contributed by atoms with Gasteiger partial charge in [0.1, 0.15) is 0 Å². The molecule has 0 bridgehead atoms. The minimum Gasteiger partial charge on any atom is -0.287 e. The molecule has 1 unspecified atom stereocenters. The maximum Gasteiger partial charge on any atom is 0.0949 e. The number of nitrogens with zero attached hydrogens (tertiary/aromatic N) is 2. The summed E-state index contributed by atoms with van der Waals surface area (Å²) in [5.41, 5.74) is 4.35. The topological polar surface area (TPSA) is 27.0 Å². The third kappa shape index (κ3) is 2.25. The van der Waals surface area contributed by atoms with E-state index in [0.717, 1.165) is 6.54 Å². The fourth-order valence-electron chi connectivity index (χ4n) is 2.25. The van der Waals surface area contributed by atoms with Crippen LogP contribution in [0.5, 0.6) is 0 Å². The molecule has 16 heavy (non-hydrogen) atoms. The van der Waals surface area contributed by atoms with Crippen molar-refractivity contribution in [3.8, 4) is 6.07 Å². The third-order valence-corrected chi connectivity index (χ3v) is 3.44. The van der Waals surface area contributed by atoms with E-state index in [1.807, 2.05) is 14.0 Å². The predicted molar refractivity (Wildman–Crippen MR) is 65.0 cm³/mol. The van der Waals surface area contributed by atoms with Crippen molar-refractivity contribution in [2.75, 3.05) is 7.05 Å². The monoisotopic (exact) mass is 214 g/mol. The lowest BCUT2D eigenvalue weighted by atomic mass is 10.1. The highest BCUT2D eigenvalue weighted by atomic mass is 15.1. The zero-order valence-corrected chi connectivity index (χ0v) is 10.0. The van der Waals surface area contributed by atoms with Crippen LogP contribution in [0.1, 0.15) is 30.0 Å². The summed E-state index contributed by atoms with van der Waals surface area (Å²) in [6, 6.07) is 9.00. The van der Waals surface area contributed by atoms with Gasteiger partial charge < -0.3 is 0 Å². The smallest absolute Gasteiger partial charge is 0.0949 e. The molecule has 0 aliphatic heterocycles. The van der Waals surface area contributed by atoms with E-state index in [4.69, 9.17) is 5.26 Å². The van der Waals surface area contributed by atoms with Crippen LogP contribution in [0.15, 0.2) is 18.2 Å². The summed E-state index contributed by atoms with van der Waals surface area (Å²) in [5.74, 6) is 0. The highest BCUT2D eigenvalue weighted by Crippen LogP contribution is 2.23. The number of hydrogen-bond acceptors (Lipinski definition) is 2. The molecule has 1 aromatic rings. The zero-order valence-electron chi connectivity index (χ0n) is 10.0. The SMILES string of the molecule is CC(C#N)N(C)Cc1ccc2c(c1)CCC2. The molecule has 0 saturated heterocycles. The van der Waals surface area contributed by atoms with Crippen molar-refractivity contribution in [2.24, 2.45) is 0 Å². The first-order valence-corrected chi connectivity index (χ1v) is 5.91. The summed E-state index contributed by atoms with van der Waals surface area (Å²) < 4.78 is 0. The van der Waals surface area contributed by atoms with E-state index in [1.54, 1.807) is 0 Å². The fourth-order valence-corrected chi connectivity index (χ4v) is 2.25. The number of hydrogen-bond donors (Lipinski definition) is 0. The Labute approximate surface area is 97.5 Å². The van der Waals surface area contributed by atoms with Gasteiger partial charge in [0.15, 0.2) is 0 Å². The normalized spacial score (nSPS) is 15.9. The number of fused-ring (bicyclic) bond motifs is 1. The van der Waals surface area contributed by atoms with Crippen molar-refractivity contribution < 1.29 is 0 Å². The van der Waals surface area contributed by atoms with E-state index in [-0.39, 0.29) is 6.04 Å². The second kappa shape index (κ2) is 4.67. The lowest BCUT2D eigenvalue weighted by Gasteiger charge is -2.19. The molecule has 0 spiro atoms. The van der Waals surface area contributed by atoms with E-state index in [9.17, 15) is 0 Å². The van der Waals surface area contributed by atoms with Gasteiger partial charge >= 0.3 is 0 Å². The molecule has 0 aromatic heterocycles. The highest BCUT2D eigenvalue weighted by molar-refractivity contribution is 5.35. The lowest BCUT2D eigenvalue weighted by Crippen LogP contribution is -2.27. The summed E-state index contributed by atoms with van der Waals surface area (Å²) in [7, 11) is 2.00. The fraction of sp³-hybridized carbons (Fsp3) is 0.500. The maximum atomic E-state index is 8.85. The first kappa shape index (κ1) is 11.2. The second-order valence-electron chi connectivity index (χ2n) is 4.68. The maximum absolute atomic E-state index is 8.85. The summed E-state index contributed by atoms with van der Waals surface area (Å²) in [6.45, 7) is 2.80. The van der Waals surface area contributed by atoms with Gasteiger partial charge in [0.25, 0.3) is 0 Å². The molecular formula is C14H18N2. The molecule has 0 radical (unpaired) electrons. The predicted octanol–water partition coefficient (Wildman–Crippen LogP) is 2.52. The Kier molecular flexibility index (Phi) is 3.26. The molecule has 0 saturated carbocycles. The summed E-state index contributed by atoms with van der Waals surface area (Å²) in [5, 5.41) is 8.85. The van der Waals surface area contributed by atoms with Crippen LogP contribution in [0.3, 0.4) is 0 Å². The van der Waals surface area contributed by atoms with Crippen LogP contribution in [0.4, 0.5) is 0 Å². The molecular weight excluding hydrogens is 196 g/mol. The first-order chi connectivity index (χ1) is 7.70. The number of benzene rings is 1. The first-order valence-electron chi connectivity index (χ1n) is 5.91. The summed E-state index contributed by atoms with van der Waals surface area (Å²) >= 11 is 0. The van der Waals surface area contributed by atoms with Crippen molar-refractivity contribution in [1.82, 2.24) is 4.90 Å². The Morgan fingerprint density at radius 2 is 2.12 bits per heavy atom. The molecule has 84 valence electrons. The van der Waals surface area contributed by atoms with Crippen LogP contribution in [0, 0.1) is 11.3 Å². The quantitative estimate of drug-likeness (QED) is 0.773. The molecule has 2 nitrogen and oxygen atoms in total. The minimum absolute atomic E-state index is 0.0201. The number of nitriles is 1. The molecule has 1 aromatic carbocycles. The van der Waals surface area contributed by atoms with E-state index in [2.05, 4.69) is 29.2 Å². The van der Waals surface area contributed by atoms with Crippen LogP contribution in [-0.2, 0) is 19.4 Å². The molecule has 0 N–H and O–H groups in total. The highest BCUT2D eigenvalue weighted by Gasteiger charge is 2.13. The molecule has 1 aliphatic rings. The van der Waals surface area contributed by atoms with E-state index in [0.29, 0.717) is 0 Å². The second-order valence-corrected chi connectivity index (χ2v) is 4.68. The van der Waals surface area contributed by atoms with Gasteiger partial charge in [-0.2, -0.15) is 5.26 Å². The van der Waals surface area contributed by atoms with Crippen LogP contribution in [0.2, 0.25) is 0 Å². The zero-order chi connectivity index (χ0) is 11.5. The molecule has 1 atom stereocenters. The van der Waals surface area contributed by atoms with Crippen molar-refractivity contribution >= 4 is 0 Å². The van der Waals surface area contributed by atoms with Gasteiger partial charge in [-0.3, -0.25) is 4.90 Å². The number of aryl methyl sites for hydroxylation is 2. The van der Waals surface area contributed by atoms with E-state index in [1.165, 1.54) is 36.0 Å². The molecule has 0 fully saturated rings. The molecule has 2 rings (SSSR count). The molecule has 2 heteroatoms. The van der Waals surface area contributed by atoms with E-state index < -0.39 is 0 Å². The molecule has 0 heterocycles.